The predicted molar refractivity (Wildman–Crippen MR) is 69.7 cm³/mol. The van der Waals surface area contributed by atoms with Crippen molar-refractivity contribution in [1.29, 1.82) is 0 Å². The van der Waals surface area contributed by atoms with Crippen LogP contribution in [0, 0.1) is 13.8 Å². The van der Waals surface area contributed by atoms with Gasteiger partial charge in [-0.05, 0) is 44.1 Å². The lowest BCUT2D eigenvalue weighted by Gasteiger charge is -2.10. The van der Waals surface area contributed by atoms with E-state index in [0.717, 1.165) is 33.1 Å². The lowest BCUT2D eigenvalue weighted by atomic mass is 10.3. The number of rotatable bonds is 4. The molecule has 0 atom stereocenters. The highest BCUT2D eigenvalue weighted by Gasteiger charge is 2.11. The van der Waals surface area contributed by atoms with Gasteiger partial charge in [-0.25, -0.2) is 15.0 Å². The molecule has 0 unspecified atom stereocenters. The SMILES string of the molecule is CCNc1nc(C)nc(Sc2ncns2)c1C. The van der Waals surface area contributed by atoms with Crippen molar-refractivity contribution in [3.8, 4) is 0 Å². The van der Waals surface area contributed by atoms with Gasteiger partial charge in [0.2, 0.25) is 0 Å². The van der Waals surface area contributed by atoms with E-state index in [-0.39, 0.29) is 0 Å². The third-order valence-electron chi connectivity index (χ3n) is 2.08. The predicted octanol–water partition coefficient (Wildman–Crippen LogP) is 2.53. The molecule has 5 nitrogen and oxygen atoms in total. The average molecular weight is 267 g/mol. The van der Waals surface area contributed by atoms with E-state index in [1.807, 2.05) is 13.8 Å². The van der Waals surface area contributed by atoms with Gasteiger partial charge in [0.1, 0.15) is 23.0 Å². The van der Waals surface area contributed by atoms with Gasteiger partial charge < -0.3 is 5.32 Å². The van der Waals surface area contributed by atoms with Crippen LogP contribution in [0.3, 0.4) is 0 Å². The smallest absolute Gasteiger partial charge is 0.176 e. The Balaban J connectivity index is 2.32. The minimum Gasteiger partial charge on any atom is -0.370 e. The minimum absolute atomic E-state index is 0.763. The average Bonchev–Trinajstić information content (AvgIpc) is 2.78. The van der Waals surface area contributed by atoms with Crippen molar-refractivity contribution < 1.29 is 0 Å². The molecule has 0 fully saturated rings. The molecule has 2 heterocycles. The summed E-state index contributed by atoms with van der Waals surface area (Å²) in [5.41, 5.74) is 1.05. The van der Waals surface area contributed by atoms with Crippen molar-refractivity contribution in [2.24, 2.45) is 0 Å². The van der Waals surface area contributed by atoms with Crippen LogP contribution in [0.1, 0.15) is 18.3 Å². The van der Waals surface area contributed by atoms with Gasteiger partial charge in [0.15, 0.2) is 4.34 Å². The third-order valence-corrected chi connectivity index (χ3v) is 3.89. The van der Waals surface area contributed by atoms with Crippen LogP contribution in [0.5, 0.6) is 0 Å². The second kappa shape index (κ2) is 5.42. The summed E-state index contributed by atoms with van der Waals surface area (Å²) in [6.07, 6.45) is 1.56. The topological polar surface area (TPSA) is 63.6 Å². The van der Waals surface area contributed by atoms with E-state index in [9.17, 15) is 0 Å². The van der Waals surface area contributed by atoms with Gasteiger partial charge in [-0.1, -0.05) is 0 Å². The normalized spacial score (nSPS) is 10.5. The van der Waals surface area contributed by atoms with Crippen molar-refractivity contribution in [2.75, 3.05) is 11.9 Å². The molecule has 0 aliphatic heterocycles. The molecule has 0 aliphatic rings. The van der Waals surface area contributed by atoms with E-state index in [4.69, 9.17) is 0 Å². The van der Waals surface area contributed by atoms with E-state index >= 15 is 0 Å². The lowest BCUT2D eigenvalue weighted by Crippen LogP contribution is -2.05. The Labute approximate surface area is 108 Å². The van der Waals surface area contributed by atoms with E-state index < -0.39 is 0 Å². The van der Waals surface area contributed by atoms with Crippen LogP contribution in [0.4, 0.5) is 5.82 Å². The van der Waals surface area contributed by atoms with Crippen LogP contribution in [-0.2, 0) is 0 Å². The van der Waals surface area contributed by atoms with Crippen LogP contribution in [0.2, 0.25) is 0 Å². The Morgan fingerprint density at radius 3 is 2.82 bits per heavy atom. The molecular formula is C10H13N5S2. The van der Waals surface area contributed by atoms with Gasteiger partial charge in [0.05, 0.1) is 0 Å². The number of hydrogen-bond donors (Lipinski definition) is 1. The molecule has 17 heavy (non-hydrogen) atoms. The summed E-state index contributed by atoms with van der Waals surface area (Å²) in [6, 6.07) is 0. The fraction of sp³-hybridized carbons (Fsp3) is 0.400. The summed E-state index contributed by atoms with van der Waals surface area (Å²) >= 11 is 2.90. The highest BCUT2D eigenvalue weighted by molar-refractivity contribution is 8.00. The molecule has 0 amide bonds. The second-order valence-electron chi connectivity index (χ2n) is 3.39. The number of nitrogens with zero attached hydrogens (tertiary/aromatic N) is 4. The standard InChI is InChI=1S/C10H13N5S2/c1-4-11-8-6(2)9(15-7(3)14-8)16-10-12-5-13-17-10/h5H,4H2,1-3H3,(H,11,14,15). The van der Waals surface area contributed by atoms with E-state index in [1.165, 1.54) is 23.3 Å². The zero-order valence-electron chi connectivity index (χ0n) is 9.89. The molecule has 2 aromatic heterocycles. The summed E-state index contributed by atoms with van der Waals surface area (Å²) < 4.78 is 4.88. The van der Waals surface area contributed by atoms with E-state index in [1.54, 1.807) is 6.33 Å². The first-order chi connectivity index (χ1) is 8.20. The molecule has 90 valence electrons. The zero-order chi connectivity index (χ0) is 12.3. The van der Waals surface area contributed by atoms with Crippen LogP contribution >= 0.6 is 23.3 Å². The molecule has 1 N–H and O–H groups in total. The van der Waals surface area contributed by atoms with Gasteiger partial charge >= 0.3 is 0 Å². The molecule has 2 aromatic rings. The van der Waals surface area contributed by atoms with Gasteiger partial charge in [0.25, 0.3) is 0 Å². The molecule has 2 rings (SSSR count). The molecule has 0 bridgehead atoms. The molecule has 0 spiro atoms. The molecule has 7 heteroatoms. The highest BCUT2D eigenvalue weighted by Crippen LogP contribution is 2.31. The van der Waals surface area contributed by atoms with Crippen LogP contribution in [0.15, 0.2) is 15.7 Å². The van der Waals surface area contributed by atoms with Crippen LogP contribution < -0.4 is 5.32 Å². The number of anilines is 1. The van der Waals surface area contributed by atoms with Crippen molar-refractivity contribution >= 4 is 29.1 Å². The number of aryl methyl sites for hydroxylation is 1. The fourth-order valence-corrected chi connectivity index (χ4v) is 2.82. The number of hydrogen-bond acceptors (Lipinski definition) is 7. The highest BCUT2D eigenvalue weighted by atomic mass is 32.2. The summed E-state index contributed by atoms with van der Waals surface area (Å²) in [6.45, 7) is 6.81. The maximum absolute atomic E-state index is 4.44. The number of aromatic nitrogens is 4. The largest absolute Gasteiger partial charge is 0.370 e. The quantitative estimate of drug-likeness (QED) is 0.859. The zero-order valence-corrected chi connectivity index (χ0v) is 11.5. The van der Waals surface area contributed by atoms with Crippen molar-refractivity contribution in [3.63, 3.8) is 0 Å². The molecule has 0 aliphatic carbocycles. The van der Waals surface area contributed by atoms with E-state index in [0.29, 0.717) is 0 Å². The first kappa shape index (κ1) is 12.3. The van der Waals surface area contributed by atoms with Crippen LogP contribution in [-0.4, -0.2) is 25.9 Å². The molecule has 0 radical (unpaired) electrons. The summed E-state index contributed by atoms with van der Waals surface area (Å²) in [5, 5.41) is 4.17. The lowest BCUT2D eigenvalue weighted by molar-refractivity contribution is 0.932. The van der Waals surface area contributed by atoms with Crippen molar-refractivity contribution in [2.45, 2.75) is 30.1 Å². The maximum atomic E-state index is 4.44. The molecule has 0 saturated heterocycles. The first-order valence-electron chi connectivity index (χ1n) is 5.24. The first-order valence-corrected chi connectivity index (χ1v) is 6.83. The summed E-state index contributed by atoms with van der Waals surface area (Å²) in [7, 11) is 0. The Morgan fingerprint density at radius 1 is 1.35 bits per heavy atom. The Kier molecular flexibility index (Phi) is 3.90. The fourth-order valence-electron chi connectivity index (χ4n) is 1.33. The summed E-state index contributed by atoms with van der Waals surface area (Å²) in [5.74, 6) is 1.66. The van der Waals surface area contributed by atoms with Crippen molar-refractivity contribution in [3.05, 3.63) is 17.7 Å². The molecule has 0 saturated carbocycles. The number of nitrogens with one attached hydrogen (secondary N) is 1. The third kappa shape index (κ3) is 2.92. The van der Waals surface area contributed by atoms with Gasteiger partial charge in [-0.2, -0.15) is 4.37 Å². The van der Waals surface area contributed by atoms with Crippen molar-refractivity contribution in [1.82, 2.24) is 19.3 Å². The maximum Gasteiger partial charge on any atom is 0.176 e. The van der Waals surface area contributed by atoms with Gasteiger partial charge in [0, 0.05) is 12.1 Å². The molecular weight excluding hydrogens is 254 g/mol. The Bertz CT molecular complexity index is 498. The monoisotopic (exact) mass is 267 g/mol. The second-order valence-corrected chi connectivity index (χ2v) is 5.41. The Hall–Kier alpha value is -1.21. The Morgan fingerprint density at radius 2 is 2.18 bits per heavy atom. The molecule has 0 aromatic carbocycles. The van der Waals surface area contributed by atoms with Gasteiger partial charge in [-0.3, -0.25) is 0 Å². The minimum atomic E-state index is 0.763. The summed E-state index contributed by atoms with van der Waals surface area (Å²) in [4.78, 5) is 13.0. The van der Waals surface area contributed by atoms with E-state index in [2.05, 4.69) is 31.6 Å². The van der Waals surface area contributed by atoms with Crippen LogP contribution in [0.25, 0.3) is 0 Å². The van der Waals surface area contributed by atoms with Gasteiger partial charge in [-0.15, -0.1) is 0 Å².